The Hall–Kier alpha value is -0.830. The van der Waals surface area contributed by atoms with Gasteiger partial charge in [-0.2, -0.15) is 0 Å². The SMILES string of the molecule is COCCn1ccnc1C(C)(C)C. The quantitative estimate of drug-likeness (QED) is 0.713. The Kier molecular flexibility index (Phi) is 3.09. The maximum Gasteiger partial charge on any atom is 0.114 e. The second-order valence-electron chi connectivity index (χ2n) is 4.19. The average Bonchev–Trinajstić information content (AvgIpc) is 2.47. The van der Waals surface area contributed by atoms with Crippen molar-refractivity contribution in [3.63, 3.8) is 0 Å². The van der Waals surface area contributed by atoms with Gasteiger partial charge in [-0.05, 0) is 0 Å². The van der Waals surface area contributed by atoms with E-state index in [0.717, 1.165) is 19.0 Å². The molecule has 0 aliphatic rings. The highest BCUT2D eigenvalue weighted by molar-refractivity contribution is 5.04. The van der Waals surface area contributed by atoms with Crippen molar-refractivity contribution in [2.75, 3.05) is 13.7 Å². The van der Waals surface area contributed by atoms with Crippen LogP contribution in [0.4, 0.5) is 0 Å². The number of methoxy groups -OCH3 is 1. The highest BCUT2D eigenvalue weighted by Crippen LogP contribution is 2.19. The minimum absolute atomic E-state index is 0.108. The van der Waals surface area contributed by atoms with Gasteiger partial charge in [-0.3, -0.25) is 0 Å². The average molecular weight is 182 g/mol. The number of nitrogens with zero attached hydrogens (tertiary/aromatic N) is 2. The molecule has 0 fully saturated rings. The second kappa shape index (κ2) is 3.92. The van der Waals surface area contributed by atoms with E-state index in [-0.39, 0.29) is 5.41 Å². The van der Waals surface area contributed by atoms with Crippen molar-refractivity contribution in [3.05, 3.63) is 18.2 Å². The van der Waals surface area contributed by atoms with Gasteiger partial charge < -0.3 is 9.30 Å². The number of imidazole rings is 1. The van der Waals surface area contributed by atoms with E-state index in [1.54, 1.807) is 7.11 Å². The van der Waals surface area contributed by atoms with Crippen LogP contribution < -0.4 is 0 Å². The fourth-order valence-electron chi connectivity index (χ4n) is 1.32. The van der Waals surface area contributed by atoms with Gasteiger partial charge in [0.1, 0.15) is 5.82 Å². The molecule has 0 amide bonds. The molecule has 0 aromatic carbocycles. The predicted octanol–water partition coefficient (Wildman–Crippen LogP) is 1.83. The van der Waals surface area contributed by atoms with Gasteiger partial charge in [0.15, 0.2) is 0 Å². The third-order valence-electron chi connectivity index (χ3n) is 1.92. The summed E-state index contributed by atoms with van der Waals surface area (Å²) in [6, 6.07) is 0. The van der Waals surface area contributed by atoms with Crippen molar-refractivity contribution in [2.24, 2.45) is 0 Å². The first-order valence-corrected chi connectivity index (χ1v) is 4.56. The zero-order chi connectivity index (χ0) is 9.90. The van der Waals surface area contributed by atoms with Crippen molar-refractivity contribution < 1.29 is 4.74 Å². The fourth-order valence-corrected chi connectivity index (χ4v) is 1.32. The Bertz CT molecular complexity index is 260. The molecule has 0 saturated heterocycles. The molecular formula is C10H18N2O. The van der Waals surface area contributed by atoms with Crippen LogP contribution in [0.2, 0.25) is 0 Å². The van der Waals surface area contributed by atoms with Crippen LogP contribution in [0.25, 0.3) is 0 Å². The molecule has 0 atom stereocenters. The normalized spacial score (nSPS) is 12.0. The molecule has 1 aromatic heterocycles. The molecule has 3 heteroatoms. The van der Waals surface area contributed by atoms with Crippen molar-refractivity contribution in [1.82, 2.24) is 9.55 Å². The van der Waals surface area contributed by atoms with Crippen LogP contribution in [0.1, 0.15) is 26.6 Å². The minimum atomic E-state index is 0.108. The first-order valence-electron chi connectivity index (χ1n) is 4.56. The Balaban J connectivity index is 2.77. The van der Waals surface area contributed by atoms with Crippen molar-refractivity contribution in [3.8, 4) is 0 Å². The Morgan fingerprint density at radius 3 is 2.69 bits per heavy atom. The molecule has 0 N–H and O–H groups in total. The van der Waals surface area contributed by atoms with E-state index in [4.69, 9.17) is 4.74 Å². The van der Waals surface area contributed by atoms with Gasteiger partial charge in [0, 0.05) is 31.5 Å². The fraction of sp³-hybridized carbons (Fsp3) is 0.700. The number of ether oxygens (including phenoxy) is 1. The van der Waals surface area contributed by atoms with Gasteiger partial charge >= 0.3 is 0 Å². The zero-order valence-corrected chi connectivity index (χ0v) is 8.87. The summed E-state index contributed by atoms with van der Waals surface area (Å²) < 4.78 is 7.18. The third kappa shape index (κ3) is 2.56. The van der Waals surface area contributed by atoms with Gasteiger partial charge in [-0.1, -0.05) is 20.8 Å². The highest BCUT2D eigenvalue weighted by atomic mass is 16.5. The van der Waals surface area contributed by atoms with E-state index in [0.29, 0.717) is 0 Å². The van der Waals surface area contributed by atoms with Gasteiger partial charge in [-0.25, -0.2) is 4.98 Å². The molecule has 0 spiro atoms. The van der Waals surface area contributed by atoms with Crippen molar-refractivity contribution in [1.29, 1.82) is 0 Å². The Morgan fingerprint density at radius 2 is 2.15 bits per heavy atom. The number of rotatable bonds is 3. The zero-order valence-electron chi connectivity index (χ0n) is 8.87. The molecule has 0 unspecified atom stereocenters. The van der Waals surface area contributed by atoms with Crippen molar-refractivity contribution >= 4 is 0 Å². The van der Waals surface area contributed by atoms with E-state index in [2.05, 4.69) is 30.3 Å². The molecule has 1 aromatic rings. The standard InChI is InChI=1S/C10H18N2O/c1-10(2,3)9-11-5-6-12(9)7-8-13-4/h5-6H,7-8H2,1-4H3. The lowest BCUT2D eigenvalue weighted by atomic mass is 9.96. The molecule has 0 bridgehead atoms. The van der Waals surface area contributed by atoms with Gasteiger partial charge in [0.2, 0.25) is 0 Å². The van der Waals surface area contributed by atoms with E-state index >= 15 is 0 Å². The van der Waals surface area contributed by atoms with Crippen molar-refractivity contribution in [2.45, 2.75) is 32.7 Å². The third-order valence-corrected chi connectivity index (χ3v) is 1.92. The van der Waals surface area contributed by atoms with Crippen LogP contribution in [0, 0.1) is 0 Å². The molecule has 1 rings (SSSR count). The molecule has 0 aliphatic carbocycles. The summed E-state index contributed by atoms with van der Waals surface area (Å²) >= 11 is 0. The summed E-state index contributed by atoms with van der Waals surface area (Å²) in [5.74, 6) is 1.12. The summed E-state index contributed by atoms with van der Waals surface area (Å²) in [5.41, 5.74) is 0.108. The van der Waals surface area contributed by atoms with E-state index in [1.807, 2.05) is 12.4 Å². The van der Waals surface area contributed by atoms with Gasteiger partial charge in [0.05, 0.1) is 6.61 Å². The maximum atomic E-state index is 5.03. The monoisotopic (exact) mass is 182 g/mol. The first kappa shape index (κ1) is 10.3. The molecule has 3 nitrogen and oxygen atoms in total. The Morgan fingerprint density at radius 1 is 1.46 bits per heavy atom. The smallest absolute Gasteiger partial charge is 0.114 e. The number of hydrogen-bond donors (Lipinski definition) is 0. The summed E-state index contributed by atoms with van der Waals surface area (Å²) in [6.07, 6.45) is 3.84. The summed E-state index contributed by atoms with van der Waals surface area (Å²) in [7, 11) is 1.72. The lowest BCUT2D eigenvalue weighted by molar-refractivity contribution is 0.185. The van der Waals surface area contributed by atoms with E-state index < -0.39 is 0 Å². The van der Waals surface area contributed by atoms with E-state index in [9.17, 15) is 0 Å². The summed E-state index contributed by atoms with van der Waals surface area (Å²) in [6.45, 7) is 8.11. The maximum absolute atomic E-state index is 5.03. The molecule has 1 heterocycles. The topological polar surface area (TPSA) is 27.1 Å². The minimum Gasteiger partial charge on any atom is -0.383 e. The molecule has 0 saturated carbocycles. The number of aromatic nitrogens is 2. The molecule has 0 aliphatic heterocycles. The largest absolute Gasteiger partial charge is 0.383 e. The van der Waals surface area contributed by atoms with Crippen LogP contribution >= 0.6 is 0 Å². The lowest BCUT2D eigenvalue weighted by Crippen LogP contribution is -2.20. The highest BCUT2D eigenvalue weighted by Gasteiger charge is 2.18. The first-order chi connectivity index (χ1) is 6.05. The van der Waals surface area contributed by atoms with Crippen LogP contribution in [0.5, 0.6) is 0 Å². The Labute approximate surface area is 79.7 Å². The molecule has 13 heavy (non-hydrogen) atoms. The summed E-state index contributed by atoms with van der Waals surface area (Å²) in [4.78, 5) is 4.35. The van der Waals surface area contributed by atoms with Crippen LogP contribution in [0.15, 0.2) is 12.4 Å². The predicted molar refractivity (Wildman–Crippen MR) is 52.8 cm³/mol. The van der Waals surface area contributed by atoms with Gasteiger partial charge in [0.25, 0.3) is 0 Å². The van der Waals surface area contributed by atoms with Gasteiger partial charge in [-0.15, -0.1) is 0 Å². The summed E-state index contributed by atoms with van der Waals surface area (Å²) in [5, 5.41) is 0. The van der Waals surface area contributed by atoms with Crippen LogP contribution in [-0.4, -0.2) is 23.3 Å². The van der Waals surface area contributed by atoms with Crippen LogP contribution in [-0.2, 0) is 16.7 Å². The van der Waals surface area contributed by atoms with Crippen LogP contribution in [0.3, 0.4) is 0 Å². The molecular weight excluding hydrogens is 164 g/mol. The van der Waals surface area contributed by atoms with E-state index in [1.165, 1.54) is 0 Å². The second-order valence-corrected chi connectivity index (χ2v) is 4.19. The lowest BCUT2D eigenvalue weighted by Gasteiger charge is -2.19. The molecule has 0 radical (unpaired) electrons. The number of hydrogen-bond acceptors (Lipinski definition) is 2. The molecule has 74 valence electrons.